The predicted molar refractivity (Wildman–Crippen MR) is 131 cm³/mol. The molecule has 2 unspecified atom stereocenters. The maximum Gasteiger partial charge on any atom is 0.225 e. The number of nitrogens with zero attached hydrogens (tertiary/aromatic N) is 2. The molecule has 4 rings (SSSR count). The second-order valence-corrected chi connectivity index (χ2v) is 9.02. The van der Waals surface area contributed by atoms with E-state index in [2.05, 4.69) is 69.2 Å². The highest BCUT2D eigenvalue weighted by Gasteiger charge is 2.26. The fourth-order valence-electron chi connectivity index (χ4n) is 4.79. The molecule has 1 amide bonds. The van der Waals surface area contributed by atoms with E-state index >= 15 is 0 Å². The maximum atomic E-state index is 12.1. The molecule has 0 bridgehead atoms. The normalized spacial score (nSPS) is 20.9. The van der Waals surface area contributed by atoms with E-state index in [0.717, 1.165) is 37.2 Å². The van der Waals surface area contributed by atoms with Gasteiger partial charge in [-0.3, -0.25) is 14.7 Å². The molecule has 0 aromatic heterocycles. The molecule has 2 aromatic rings. The molecule has 6 heteroatoms. The van der Waals surface area contributed by atoms with Crippen LogP contribution in [0, 0.1) is 5.92 Å². The minimum absolute atomic E-state index is 0.0712. The zero-order valence-electron chi connectivity index (χ0n) is 19.2. The Hall–Kier alpha value is -2.86. The first kappa shape index (κ1) is 22.3. The SMILES string of the molecule is CN=C(NCC1CC(=O)Nc2ccccc21)NCC(c1ccccc1)N1CCC(C)CC1. The van der Waals surface area contributed by atoms with Crippen LogP contribution in [-0.4, -0.2) is 50.0 Å². The number of likely N-dealkylation sites (tertiary alicyclic amines) is 1. The summed E-state index contributed by atoms with van der Waals surface area (Å²) < 4.78 is 0. The lowest BCUT2D eigenvalue weighted by Gasteiger charge is -2.37. The fraction of sp³-hybridized carbons (Fsp3) is 0.462. The van der Waals surface area contributed by atoms with Crippen LogP contribution in [0.25, 0.3) is 0 Å². The van der Waals surface area contributed by atoms with Gasteiger partial charge in [0.25, 0.3) is 0 Å². The van der Waals surface area contributed by atoms with Gasteiger partial charge in [-0.15, -0.1) is 0 Å². The number of piperidine rings is 1. The van der Waals surface area contributed by atoms with Crippen LogP contribution in [0.15, 0.2) is 59.6 Å². The van der Waals surface area contributed by atoms with Crippen LogP contribution in [0.1, 0.15) is 49.3 Å². The standard InChI is InChI=1S/C26H35N5O/c1-19-12-14-31(15-13-19)24(20-8-4-3-5-9-20)18-29-26(27-2)28-17-21-16-25(32)30-23-11-7-6-10-22(21)23/h3-11,19,21,24H,12-18H2,1-2H3,(H,30,32)(H2,27,28,29). The van der Waals surface area contributed by atoms with E-state index in [0.29, 0.717) is 19.0 Å². The van der Waals surface area contributed by atoms with Crippen molar-refractivity contribution >= 4 is 17.6 Å². The number of aliphatic imine (C=N–C) groups is 1. The van der Waals surface area contributed by atoms with E-state index in [-0.39, 0.29) is 11.8 Å². The molecule has 6 nitrogen and oxygen atoms in total. The number of para-hydroxylation sites is 1. The third kappa shape index (κ3) is 5.49. The second-order valence-electron chi connectivity index (χ2n) is 9.02. The van der Waals surface area contributed by atoms with Gasteiger partial charge in [-0.2, -0.15) is 0 Å². The van der Waals surface area contributed by atoms with Crippen LogP contribution in [0.4, 0.5) is 5.69 Å². The highest BCUT2D eigenvalue weighted by Crippen LogP contribution is 2.31. The Balaban J connectivity index is 1.39. The summed E-state index contributed by atoms with van der Waals surface area (Å²) >= 11 is 0. The summed E-state index contributed by atoms with van der Waals surface area (Å²) in [7, 11) is 1.80. The van der Waals surface area contributed by atoms with E-state index in [9.17, 15) is 4.79 Å². The number of benzene rings is 2. The number of fused-ring (bicyclic) bond motifs is 1. The zero-order valence-corrected chi connectivity index (χ0v) is 19.2. The van der Waals surface area contributed by atoms with Crippen LogP contribution in [0.2, 0.25) is 0 Å². The Bertz CT molecular complexity index is 921. The molecule has 2 heterocycles. The van der Waals surface area contributed by atoms with Crippen molar-refractivity contribution in [1.82, 2.24) is 15.5 Å². The van der Waals surface area contributed by atoms with Crippen LogP contribution in [0.3, 0.4) is 0 Å². The Labute approximate surface area is 191 Å². The number of nitrogens with one attached hydrogen (secondary N) is 3. The summed E-state index contributed by atoms with van der Waals surface area (Å²) in [5.74, 6) is 1.79. The topological polar surface area (TPSA) is 68.8 Å². The molecule has 170 valence electrons. The molecule has 0 saturated carbocycles. The summed E-state index contributed by atoms with van der Waals surface area (Å²) in [4.78, 5) is 19.2. The molecule has 1 saturated heterocycles. The van der Waals surface area contributed by atoms with Gasteiger partial charge in [0.15, 0.2) is 5.96 Å². The summed E-state index contributed by atoms with van der Waals surface area (Å²) in [5, 5.41) is 9.98. The monoisotopic (exact) mass is 433 g/mol. The highest BCUT2D eigenvalue weighted by atomic mass is 16.1. The van der Waals surface area contributed by atoms with Gasteiger partial charge in [-0.05, 0) is 49.0 Å². The van der Waals surface area contributed by atoms with Gasteiger partial charge >= 0.3 is 0 Å². The first-order valence-electron chi connectivity index (χ1n) is 11.8. The van der Waals surface area contributed by atoms with Crippen LogP contribution >= 0.6 is 0 Å². The molecule has 0 spiro atoms. The minimum atomic E-state index is 0.0712. The molecule has 32 heavy (non-hydrogen) atoms. The van der Waals surface area contributed by atoms with Crippen LogP contribution < -0.4 is 16.0 Å². The molecular formula is C26H35N5O. The van der Waals surface area contributed by atoms with Gasteiger partial charge in [0.2, 0.25) is 5.91 Å². The number of rotatable bonds is 6. The third-order valence-corrected chi connectivity index (χ3v) is 6.75. The van der Waals surface area contributed by atoms with Crippen LogP contribution in [-0.2, 0) is 4.79 Å². The molecule has 2 aliphatic heterocycles. The predicted octanol–water partition coefficient (Wildman–Crippen LogP) is 3.75. The quantitative estimate of drug-likeness (QED) is 0.479. The Kier molecular flexibility index (Phi) is 7.43. The van der Waals surface area contributed by atoms with Gasteiger partial charge in [0.1, 0.15) is 0 Å². The van der Waals surface area contributed by atoms with Crippen molar-refractivity contribution in [3.63, 3.8) is 0 Å². The Morgan fingerprint density at radius 3 is 2.56 bits per heavy atom. The van der Waals surface area contributed by atoms with Crippen molar-refractivity contribution < 1.29 is 4.79 Å². The average molecular weight is 434 g/mol. The summed E-state index contributed by atoms with van der Waals surface area (Å²) in [5.41, 5.74) is 3.43. The lowest BCUT2D eigenvalue weighted by molar-refractivity contribution is -0.116. The molecule has 1 fully saturated rings. The lowest BCUT2D eigenvalue weighted by atomic mass is 9.90. The van der Waals surface area contributed by atoms with E-state index in [1.807, 2.05) is 18.2 Å². The van der Waals surface area contributed by atoms with Crippen molar-refractivity contribution in [2.45, 2.75) is 38.1 Å². The van der Waals surface area contributed by atoms with Gasteiger partial charge in [-0.25, -0.2) is 0 Å². The zero-order chi connectivity index (χ0) is 22.3. The van der Waals surface area contributed by atoms with Crippen molar-refractivity contribution in [3.8, 4) is 0 Å². The van der Waals surface area contributed by atoms with Crippen LogP contribution in [0.5, 0.6) is 0 Å². The van der Waals surface area contributed by atoms with E-state index in [1.165, 1.54) is 24.0 Å². The fourth-order valence-corrected chi connectivity index (χ4v) is 4.79. The van der Waals surface area contributed by atoms with Gasteiger partial charge in [-0.1, -0.05) is 55.5 Å². The first-order valence-corrected chi connectivity index (χ1v) is 11.8. The number of hydrogen-bond acceptors (Lipinski definition) is 3. The van der Waals surface area contributed by atoms with Gasteiger partial charge in [0.05, 0.1) is 6.04 Å². The van der Waals surface area contributed by atoms with E-state index < -0.39 is 0 Å². The number of guanidine groups is 1. The lowest BCUT2D eigenvalue weighted by Crippen LogP contribution is -2.46. The van der Waals surface area contributed by atoms with Crippen molar-refractivity contribution in [1.29, 1.82) is 0 Å². The summed E-state index contributed by atoms with van der Waals surface area (Å²) in [6.07, 6.45) is 2.98. The average Bonchev–Trinajstić information content (AvgIpc) is 2.82. The smallest absolute Gasteiger partial charge is 0.225 e. The maximum absolute atomic E-state index is 12.1. The number of hydrogen-bond donors (Lipinski definition) is 3. The highest BCUT2D eigenvalue weighted by molar-refractivity contribution is 5.94. The van der Waals surface area contributed by atoms with Gasteiger partial charge in [0, 0.05) is 38.2 Å². The van der Waals surface area contributed by atoms with Crippen molar-refractivity contribution in [2.24, 2.45) is 10.9 Å². The molecule has 0 radical (unpaired) electrons. The molecule has 2 atom stereocenters. The summed E-state index contributed by atoms with van der Waals surface area (Å²) in [6, 6.07) is 19.1. The Morgan fingerprint density at radius 2 is 1.81 bits per heavy atom. The number of carbonyl (C=O) groups is 1. The third-order valence-electron chi connectivity index (χ3n) is 6.75. The van der Waals surface area contributed by atoms with Crippen molar-refractivity contribution in [2.75, 3.05) is 38.5 Å². The number of amides is 1. The van der Waals surface area contributed by atoms with Crippen molar-refractivity contribution in [3.05, 3.63) is 65.7 Å². The van der Waals surface area contributed by atoms with E-state index in [4.69, 9.17) is 0 Å². The molecule has 2 aromatic carbocycles. The Morgan fingerprint density at radius 1 is 1.09 bits per heavy atom. The number of anilines is 1. The second kappa shape index (κ2) is 10.6. The molecule has 3 N–H and O–H groups in total. The number of carbonyl (C=O) groups excluding carboxylic acids is 1. The minimum Gasteiger partial charge on any atom is -0.356 e. The van der Waals surface area contributed by atoms with E-state index in [1.54, 1.807) is 7.05 Å². The molecule has 0 aliphatic carbocycles. The van der Waals surface area contributed by atoms with Gasteiger partial charge < -0.3 is 16.0 Å². The largest absolute Gasteiger partial charge is 0.356 e. The molecule has 2 aliphatic rings. The first-order chi connectivity index (χ1) is 15.6. The summed E-state index contributed by atoms with van der Waals surface area (Å²) in [6.45, 7) is 6.06. The molecular weight excluding hydrogens is 398 g/mol.